The van der Waals surface area contributed by atoms with E-state index >= 15 is 0 Å². The van der Waals surface area contributed by atoms with Gasteiger partial charge in [0.2, 0.25) is 0 Å². The van der Waals surface area contributed by atoms with Crippen molar-refractivity contribution in [2.24, 2.45) is 11.7 Å². The van der Waals surface area contributed by atoms with E-state index in [0.29, 0.717) is 16.5 Å². The zero-order valence-electron chi connectivity index (χ0n) is 9.15. The first-order valence-electron chi connectivity index (χ1n) is 5.43. The molecule has 90 valence electrons. The number of nitrogens with two attached hydrogens (primary N) is 1. The second-order valence-corrected chi connectivity index (χ2v) is 5.92. The Balaban J connectivity index is 2.07. The van der Waals surface area contributed by atoms with Gasteiger partial charge in [-0.2, -0.15) is 0 Å². The molecule has 0 saturated heterocycles. The predicted octanol–water partition coefficient (Wildman–Crippen LogP) is 2.09. The SMILES string of the molecule is NC(=S)C(NC(=O)c1cccc(I)c1)C1CC1. The lowest BCUT2D eigenvalue weighted by molar-refractivity contribution is 0.0943. The average molecular weight is 360 g/mol. The molecule has 2 rings (SSSR count). The van der Waals surface area contributed by atoms with Crippen LogP contribution >= 0.6 is 34.8 Å². The third-order valence-electron chi connectivity index (χ3n) is 2.77. The first-order valence-corrected chi connectivity index (χ1v) is 6.92. The molecule has 0 bridgehead atoms. The van der Waals surface area contributed by atoms with E-state index < -0.39 is 0 Å². The molecule has 0 aliphatic heterocycles. The van der Waals surface area contributed by atoms with Crippen LogP contribution in [0.1, 0.15) is 23.2 Å². The maximum absolute atomic E-state index is 12.0. The van der Waals surface area contributed by atoms with Crippen LogP contribution in [0, 0.1) is 9.49 Å². The van der Waals surface area contributed by atoms with Gasteiger partial charge in [-0.05, 0) is 59.5 Å². The predicted molar refractivity (Wildman–Crippen MR) is 79.9 cm³/mol. The summed E-state index contributed by atoms with van der Waals surface area (Å²) in [6.45, 7) is 0. The highest BCUT2D eigenvalue weighted by Crippen LogP contribution is 2.32. The molecule has 0 heterocycles. The molecule has 1 aliphatic rings. The number of hydrogen-bond acceptors (Lipinski definition) is 2. The van der Waals surface area contributed by atoms with Crippen molar-refractivity contribution < 1.29 is 4.79 Å². The van der Waals surface area contributed by atoms with E-state index in [1.807, 2.05) is 18.2 Å². The number of amides is 1. The lowest BCUT2D eigenvalue weighted by atomic mass is 10.1. The minimum absolute atomic E-state index is 0.104. The summed E-state index contributed by atoms with van der Waals surface area (Å²) >= 11 is 7.17. The number of rotatable bonds is 4. The Morgan fingerprint density at radius 3 is 2.76 bits per heavy atom. The Morgan fingerprint density at radius 2 is 2.24 bits per heavy atom. The zero-order chi connectivity index (χ0) is 12.4. The molecule has 0 radical (unpaired) electrons. The fourth-order valence-electron chi connectivity index (χ4n) is 1.71. The highest BCUT2D eigenvalue weighted by Gasteiger charge is 2.34. The van der Waals surface area contributed by atoms with Gasteiger partial charge in [0, 0.05) is 9.13 Å². The van der Waals surface area contributed by atoms with Gasteiger partial charge in [0.1, 0.15) is 0 Å². The van der Waals surface area contributed by atoms with E-state index in [1.165, 1.54) is 0 Å². The third-order valence-corrected chi connectivity index (χ3v) is 3.70. The highest BCUT2D eigenvalue weighted by atomic mass is 127. The average Bonchev–Trinajstić information content (AvgIpc) is 3.09. The van der Waals surface area contributed by atoms with Gasteiger partial charge in [-0.1, -0.05) is 18.3 Å². The molecular formula is C12H13IN2OS. The molecule has 1 aromatic carbocycles. The molecule has 1 unspecified atom stereocenters. The molecule has 3 N–H and O–H groups in total. The van der Waals surface area contributed by atoms with Crippen molar-refractivity contribution >= 4 is 45.7 Å². The molecule has 5 heteroatoms. The monoisotopic (exact) mass is 360 g/mol. The summed E-state index contributed by atoms with van der Waals surface area (Å²) in [4.78, 5) is 12.4. The van der Waals surface area contributed by atoms with E-state index in [9.17, 15) is 4.79 Å². The van der Waals surface area contributed by atoms with Crippen LogP contribution in [0.25, 0.3) is 0 Å². The topological polar surface area (TPSA) is 55.1 Å². The molecular weight excluding hydrogens is 347 g/mol. The second kappa shape index (κ2) is 5.30. The summed E-state index contributed by atoms with van der Waals surface area (Å²) in [7, 11) is 0. The molecule has 0 spiro atoms. The Hall–Kier alpha value is -0.690. The van der Waals surface area contributed by atoms with E-state index in [0.717, 1.165) is 16.4 Å². The first-order chi connectivity index (χ1) is 8.08. The van der Waals surface area contributed by atoms with Crippen LogP contribution in [0.3, 0.4) is 0 Å². The van der Waals surface area contributed by atoms with Crippen molar-refractivity contribution in [2.45, 2.75) is 18.9 Å². The van der Waals surface area contributed by atoms with E-state index in [-0.39, 0.29) is 11.9 Å². The van der Waals surface area contributed by atoms with E-state index in [2.05, 4.69) is 27.9 Å². The number of nitrogens with one attached hydrogen (secondary N) is 1. The van der Waals surface area contributed by atoms with Gasteiger partial charge in [-0.25, -0.2) is 0 Å². The smallest absolute Gasteiger partial charge is 0.251 e. The Morgan fingerprint density at radius 1 is 1.53 bits per heavy atom. The molecule has 1 aliphatic carbocycles. The van der Waals surface area contributed by atoms with Crippen LogP contribution in [-0.2, 0) is 0 Å². The molecule has 3 nitrogen and oxygen atoms in total. The molecule has 0 aromatic heterocycles. The number of thiocarbonyl (C=S) groups is 1. The van der Waals surface area contributed by atoms with Crippen molar-refractivity contribution in [1.29, 1.82) is 0 Å². The van der Waals surface area contributed by atoms with Crippen LogP contribution < -0.4 is 11.1 Å². The van der Waals surface area contributed by atoms with Crippen LogP contribution in [0.4, 0.5) is 0 Å². The summed E-state index contributed by atoms with van der Waals surface area (Å²) in [6.07, 6.45) is 2.18. The minimum atomic E-state index is -0.157. The maximum Gasteiger partial charge on any atom is 0.251 e. The summed E-state index contributed by atoms with van der Waals surface area (Å²) in [5.74, 6) is 0.326. The second-order valence-electron chi connectivity index (χ2n) is 4.20. The van der Waals surface area contributed by atoms with E-state index in [4.69, 9.17) is 18.0 Å². The van der Waals surface area contributed by atoms with Gasteiger partial charge in [0.05, 0.1) is 11.0 Å². The molecule has 1 atom stereocenters. The van der Waals surface area contributed by atoms with Crippen LogP contribution in [0.15, 0.2) is 24.3 Å². The lowest BCUT2D eigenvalue weighted by Crippen LogP contribution is -2.45. The summed E-state index contributed by atoms with van der Waals surface area (Å²) in [6, 6.07) is 7.29. The quantitative estimate of drug-likeness (QED) is 0.639. The van der Waals surface area contributed by atoms with Gasteiger partial charge >= 0.3 is 0 Å². The number of carbonyl (C=O) groups excluding carboxylic acids is 1. The minimum Gasteiger partial charge on any atom is -0.392 e. The summed E-state index contributed by atoms with van der Waals surface area (Å²) in [5, 5.41) is 2.91. The van der Waals surface area contributed by atoms with Gasteiger partial charge in [0.25, 0.3) is 5.91 Å². The molecule has 1 aromatic rings. The van der Waals surface area contributed by atoms with Crippen molar-refractivity contribution in [3.05, 3.63) is 33.4 Å². The Labute approximate surface area is 119 Å². The van der Waals surface area contributed by atoms with Gasteiger partial charge in [-0.3, -0.25) is 4.79 Å². The Kier molecular flexibility index (Phi) is 3.98. The van der Waals surface area contributed by atoms with Crippen molar-refractivity contribution in [2.75, 3.05) is 0 Å². The van der Waals surface area contributed by atoms with Gasteiger partial charge in [0.15, 0.2) is 0 Å². The summed E-state index contributed by atoms with van der Waals surface area (Å²) < 4.78 is 1.04. The van der Waals surface area contributed by atoms with Crippen molar-refractivity contribution in [3.8, 4) is 0 Å². The van der Waals surface area contributed by atoms with Gasteiger partial charge in [-0.15, -0.1) is 0 Å². The van der Waals surface area contributed by atoms with Crippen LogP contribution in [-0.4, -0.2) is 16.9 Å². The Bertz CT molecular complexity index is 460. The van der Waals surface area contributed by atoms with Crippen LogP contribution in [0.5, 0.6) is 0 Å². The normalized spacial score (nSPS) is 16.3. The molecule has 17 heavy (non-hydrogen) atoms. The van der Waals surface area contributed by atoms with E-state index in [1.54, 1.807) is 6.07 Å². The first kappa shape index (κ1) is 12.8. The van der Waals surface area contributed by atoms with Crippen LogP contribution in [0.2, 0.25) is 0 Å². The van der Waals surface area contributed by atoms with Crippen molar-refractivity contribution in [3.63, 3.8) is 0 Å². The fraction of sp³-hybridized carbons (Fsp3) is 0.333. The largest absolute Gasteiger partial charge is 0.392 e. The molecule has 1 fully saturated rings. The third kappa shape index (κ3) is 3.38. The number of carbonyl (C=O) groups is 1. The maximum atomic E-state index is 12.0. The fourth-order valence-corrected chi connectivity index (χ4v) is 2.50. The lowest BCUT2D eigenvalue weighted by Gasteiger charge is -2.16. The highest BCUT2D eigenvalue weighted by molar-refractivity contribution is 14.1. The number of halogens is 1. The zero-order valence-corrected chi connectivity index (χ0v) is 12.1. The molecule has 1 amide bonds. The summed E-state index contributed by atoms with van der Waals surface area (Å²) in [5.41, 5.74) is 6.30. The number of benzene rings is 1. The number of hydrogen-bond donors (Lipinski definition) is 2. The van der Waals surface area contributed by atoms with Gasteiger partial charge < -0.3 is 11.1 Å². The van der Waals surface area contributed by atoms with Crippen molar-refractivity contribution in [1.82, 2.24) is 5.32 Å². The molecule has 1 saturated carbocycles. The standard InChI is InChI=1S/C12H13IN2OS/c13-9-3-1-2-8(6-9)12(16)15-10(11(14)17)7-4-5-7/h1-3,6-7,10H,4-5H2,(H2,14,17)(H,15,16).